The molecule has 0 saturated heterocycles. The molecule has 0 aliphatic carbocycles. The number of nitrogens with two attached hydrogens (primary N) is 1. The van der Waals surface area contributed by atoms with Gasteiger partial charge in [-0.1, -0.05) is 0 Å². The molecule has 7 heavy (non-hydrogen) atoms. The van der Waals surface area contributed by atoms with Crippen molar-refractivity contribution < 1.29 is 0 Å². The van der Waals surface area contributed by atoms with E-state index in [9.17, 15) is 0 Å². The second-order valence-electron chi connectivity index (χ2n) is 0.973. The molecule has 1 aromatic rings. The van der Waals surface area contributed by atoms with Crippen LogP contribution in [-0.2, 0) is 0 Å². The first-order chi connectivity index (χ1) is 3.39. The number of hydrogen-bond donors (Lipinski definition) is 1. The summed E-state index contributed by atoms with van der Waals surface area (Å²) in [4.78, 5) is 0. The highest BCUT2D eigenvalue weighted by Gasteiger charge is 1.88. The lowest BCUT2D eigenvalue weighted by Crippen LogP contribution is -1.63. The summed E-state index contributed by atoms with van der Waals surface area (Å²) in [6, 6.07) is 0. The lowest BCUT2D eigenvalue weighted by molar-refractivity contribution is 2.32. The summed E-state index contributed by atoms with van der Waals surface area (Å²) in [6.45, 7) is 0. The van der Waals surface area contributed by atoms with E-state index in [1.807, 2.05) is 0 Å². The highest BCUT2D eigenvalue weighted by atomic mass is 32.3. The van der Waals surface area contributed by atoms with Crippen molar-refractivity contribution >= 4 is 30.3 Å². The Balaban J connectivity index is 3.02. The van der Waals surface area contributed by atoms with Gasteiger partial charge in [-0.05, 0) is 0 Å². The highest BCUT2D eigenvalue weighted by Crippen LogP contribution is 2.41. The molecule has 2 N–H and O–H groups in total. The largest absolute Gasteiger partial charge is 0.225 e. The summed E-state index contributed by atoms with van der Waals surface area (Å²) in [5.41, 5.74) is 5.59. The molecule has 1 aromatic heterocycles. The predicted octanol–water partition coefficient (Wildman–Crippen LogP) is 3.41. The summed E-state index contributed by atoms with van der Waals surface area (Å²) < 4.78 is 0. The Morgan fingerprint density at radius 2 is 2.43 bits per heavy atom. The van der Waals surface area contributed by atoms with Crippen LogP contribution in [0.15, 0.2) is 11.6 Å². The van der Waals surface area contributed by atoms with Crippen LogP contribution >= 0.6 is 30.3 Å². The first-order valence-electron chi connectivity index (χ1n) is 1.71. The first-order valence-corrected chi connectivity index (χ1v) is 8.06. The Morgan fingerprint density at radius 3 is 2.71 bits per heavy atom. The molecule has 0 bridgehead atoms. The third-order valence-electron chi connectivity index (χ3n) is 0.481. The van der Waals surface area contributed by atoms with Gasteiger partial charge in [-0.25, -0.2) is 5.50 Å². The molecule has 36 valence electrons. The Labute approximate surface area is 48.1 Å². The zero-order valence-electron chi connectivity index (χ0n) is 3.52. The van der Waals surface area contributed by atoms with Gasteiger partial charge >= 0.3 is 0 Å². The third-order valence-corrected chi connectivity index (χ3v) is 9.48. The van der Waals surface area contributed by atoms with Gasteiger partial charge < -0.3 is 0 Å². The topological polar surface area (TPSA) is 26.0 Å². The Morgan fingerprint density at radius 1 is 1.57 bits per heavy atom. The van der Waals surface area contributed by atoms with Gasteiger partial charge in [0.15, 0.2) is 0 Å². The van der Waals surface area contributed by atoms with E-state index in [-0.39, 0.29) is 7.36 Å². The maximum Gasteiger partial charge on any atom is 0.225 e. The fraction of sp³-hybridized carbons (Fsp3) is 0. The second-order valence-corrected chi connectivity index (χ2v) is 9.29. The van der Waals surface area contributed by atoms with E-state index in [2.05, 4.69) is 11.6 Å². The van der Waals surface area contributed by atoms with Crippen molar-refractivity contribution in [2.24, 2.45) is 0 Å². The van der Waals surface area contributed by atoms with Crippen LogP contribution in [0, 0.1) is 0 Å². The number of nitrogen functional groups attached to an aromatic ring is 1. The molecule has 1 atom stereocenters. The molecule has 1 heterocycles. The van der Waals surface area contributed by atoms with Gasteiger partial charge in [0, 0.05) is 5.80 Å². The van der Waals surface area contributed by atoms with Crippen LogP contribution in [0.4, 0.5) is 0 Å². The minimum absolute atomic E-state index is 0.219. The molecule has 0 aliphatic rings. The van der Waals surface area contributed by atoms with Gasteiger partial charge in [0.2, 0.25) is 15.1 Å². The van der Waals surface area contributed by atoms with Crippen LogP contribution in [0.25, 0.3) is 0 Å². The van der Waals surface area contributed by atoms with Crippen molar-refractivity contribution in [3.05, 3.63) is 11.6 Å². The van der Waals surface area contributed by atoms with Gasteiger partial charge in [-0.2, -0.15) is 0 Å². The van der Waals surface area contributed by atoms with E-state index < -0.39 is 0 Å². The summed E-state index contributed by atoms with van der Waals surface area (Å²) in [5.74, 6) is 4.26. The van der Waals surface area contributed by atoms with E-state index in [0.29, 0.717) is 0 Å². The summed E-state index contributed by atoms with van der Waals surface area (Å²) in [6.07, 6.45) is 0. The quantitative estimate of drug-likeness (QED) is 0.627. The van der Waals surface area contributed by atoms with Crippen molar-refractivity contribution in [1.82, 2.24) is 0 Å². The Bertz CT molecular complexity index is 140. The van der Waals surface area contributed by atoms with Gasteiger partial charge in [-0.3, -0.25) is 0 Å². The fourth-order valence-electron chi connectivity index (χ4n) is 0.227. The smallest absolute Gasteiger partial charge is 0.214 e. The maximum atomic E-state index is 5.59. The summed E-state index contributed by atoms with van der Waals surface area (Å²) in [5, 5.41) is 0. The molecule has 0 saturated carbocycles. The maximum absolute atomic E-state index is 5.59. The van der Waals surface area contributed by atoms with Crippen molar-refractivity contribution in [2.75, 3.05) is 5.50 Å². The van der Waals surface area contributed by atoms with Crippen LogP contribution in [0.5, 0.6) is 0 Å². The van der Waals surface area contributed by atoms with Crippen molar-refractivity contribution in [3.63, 3.8) is 0 Å². The van der Waals surface area contributed by atoms with Gasteiger partial charge in [0.25, 0.3) is 0 Å². The van der Waals surface area contributed by atoms with E-state index >= 15 is 0 Å². The molecule has 0 radical (unpaired) electrons. The third kappa shape index (κ3) is 2.09. The molecular weight excluding hydrogens is 162 g/mol. The average Bonchev–Trinajstić information content (AvgIpc) is 1.69. The average molecular weight is 166 g/mol. The van der Waals surface area contributed by atoms with E-state index in [1.54, 1.807) is 0 Å². The van der Waals surface area contributed by atoms with Gasteiger partial charge in [-0.15, -0.1) is 0 Å². The van der Waals surface area contributed by atoms with E-state index in [0.717, 1.165) is 0 Å². The minimum atomic E-state index is -0.219. The lowest BCUT2D eigenvalue weighted by Gasteiger charge is -1.68. The minimum Gasteiger partial charge on any atom is -0.214 e. The van der Waals surface area contributed by atoms with Gasteiger partial charge in [0.1, 0.15) is 7.36 Å². The zero-order valence-corrected chi connectivity index (χ0v) is 7.10. The normalized spacial score (nSPS) is 14.7. The molecule has 0 aromatic carbocycles. The fourth-order valence-corrected chi connectivity index (χ4v) is 9.18. The second kappa shape index (κ2) is 3.03. The Kier molecular flexibility index (Phi) is 2.61. The van der Waals surface area contributed by atoms with Crippen LogP contribution in [0.3, 0.4) is 0 Å². The predicted molar refractivity (Wildman–Crippen MR) is 41.2 cm³/mol. The molecule has 0 amide bonds. The monoisotopic (exact) mass is 166 g/mol. The SMILES string of the molecule is N[p+]1ccppp1. The standard InChI is InChI=1S/C2H4NP4/c3-7-2-1-4-5-6-7/h1-2H,3H2/q+1. The summed E-state index contributed by atoms with van der Waals surface area (Å²) in [7, 11) is 4.06. The molecule has 1 unspecified atom stereocenters. The van der Waals surface area contributed by atoms with Crippen LogP contribution < -0.4 is 5.50 Å². The van der Waals surface area contributed by atoms with Crippen molar-refractivity contribution in [1.29, 1.82) is 0 Å². The van der Waals surface area contributed by atoms with Crippen LogP contribution in [-0.4, -0.2) is 0 Å². The van der Waals surface area contributed by atoms with Crippen LogP contribution in [0.2, 0.25) is 0 Å². The molecule has 0 spiro atoms. The molecule has 1 nitrogen and oxygen atoms in total. The number of rotatable bonds is 0. The first kappa shape index (κ1) is 6.03. The summed E-state index contributed by atoms with van der Waals surface area (Å²) >= 11 is 0. The molecule has 0 fully saturated rings. The Hall–Kier alpha value is 0.900. The molecular formula is C2H4NP4+. The van der Waals surface area contributed by atoms with E-state index in [1.165, 1.54) is 23.0 Å². The van der Waals surface area contributed by atoms with Crippen LogP contribution in [0.1, 0.15) is 0 Å². The van der Waals surface area contributed by atoms with Gasteiger partial charge in [0.05, 0.1) is 13.7 Å². The van der Waals surface area contributed by atoms with Crippen molar-refractivity contribution in [3.8, 4) is 0 Å². The lowest BCUT2D eigenvalue weighted by atomic mass is 11.2. The highest BCUT2D eigenvalue weighted by molar-refractivity contribution is 8.32. The zero-order chi connectivity index (χ0) is 5.11. The number of hydrogen-bond acceptors (Lipinski definition) is 1. The molecule has 1 rings (SSSR count). The molecule has 0 aliphatic heterocycles. The molecule has 5 heteroatoms. The van der Waals surface area contributed by atoms with Crippen molar-refractivity contribution in [2.45, 2.75) is 0 Å². The van der Waals surface area contributed by atoms with E-state index in [4.69, 9.17) is 5.50 Å².